The Morgan fingerprint density at radius 3 is 2.80 bits per heavy atom. The number of hydrogen-bond acceptors (Lipinski definition) is 4. The number of rotatable bonds is 5. The van der Waals surface area contributed by atoms with Gasteiger partial charge in [0.25, 0.3) is 5.56 Å². The molecule has 0 amide bonds. The molecule has 1 N–H and O–H groups in total. The summed E-state index contributed by atoms with van der Waals surface area (Å²) in [4.78, 5) is 16.5. The fraction of sp³-hybridized carbons (Fsp3) is 0.733. The van der Waals surface area contributed by atoms with E-state index in [0.717, 1.165) is 6.42 Å². The van der Waals surface area contributed by atoms with Gasteiger partial charge < -0.3 is 14.6 Å². The molecule has 5 nitrogen and oxygen atoms in total. The van der Waals surface area contributed by atoms with Gasteiger partial charge in [0.1, 0.15) is 0 Å². The van der Waals surface area contributed by atoms with Crippen molar-refractivity contribution in [2.45, 2.75) is 52.8 Å². The molecule has 2 rings (SSSR count). The van der Waals surface area contributed by atoms with Crippen molar-refractivity contribution >= 4 is 5.82 Å². The summed E-state index contributed by atoms with van der Waals surface area (Å²) < 4.78 is 7.15. The van der Waals surface area contributed by atoms with E-state index in [-0.39, 0.29) is 23.1 Å². The summed E-state index contributed by atoms with van der Waals surface area (Å²) in [7, 11) is 1.74. The molecule has 0 bridgehead atoms. The molecule has 1 fully saturated rings. The van der Waals surface area contributed by atoms with Crippen LogP contribution in [0.25, 0.3) is 0 Å². The Morgan fingerprint density at radius 2 is 2.25 bits per heavy atom. The van der Waals surface area contributed by atoms with Crippen LogP contribution in [0.4, 0.5) is 5.82 Å². The minimum atomic E-state index is -0.0436. The SMILES string of the molecule is COC1CC(Nc2nccn(CC(C)C)c2=O)C1(C)C. The summed E-state index contributed by atoms with van der Waals surface area (Å²) in [5.41, 5.74) is -0.0282. The first-order valence-electron chi connectivity index (χ1n) is 7.21. The molecule has 1 aromatic heterocycles. The molecule has 20 heavy (non-hydrogen) atoms. The highest BCUT2D eigenvalue weighted by Gasteiger charge is 2.48. The molecule has 2 unspecified atom stereocenters. The van der Waals surface area contributed by atoms with Crippen LogP contribution in [-0.2, 0) is 11.3 Å². The molecule has 0 spiro atoms. The zero-order valence-corrected chi connectivity index (χ0v) is 13.0. The van der Waals surface area contributed by atoms with Crippen LogP contribution in [0.1, 0.15) is 34.1 Å². The number of nitrogens with zero attached hydrogens (tertiary/aromatic N) is 2. The second-order valence-electron chi connectivity index (χ2n) is 6.61. The van der Waals surface area contributed by atoms with E-state index in [2.05, 4.69) is 38.0 Å². The molecular weight excluding hydrogens is 254 g/mol. The van der Waals surface area contributed by atoms with Crippen molar-refractivity contribution in [3.8, 4) is 0 Å². The zero-order valence-electron chi connectivity index (χ0n) is 13.0. The summed E-state index contributed by atoms with van der Waals surface area (Å²) in [5.74, 6) is 0.877. The zero-order chi connectivity index (χ0) is 14.9. The summed E-state index contributed by atoms with van der Waals surface area (Å²) in [6.45, 7) is 9.21. The maximum absolute atomic E-state index is 12.3. The lowest BCUT2D eigenvalue weighted by molar-refractivity contribution is -0.0796. The average Bonchev–Trinajstić information content (AvgIpc) is 2.37. The van der Waals surface area contributed by atoms with E-state index < -0.39 is 0 Å². The van der Waals surface area contributed by atoms with Crippen molar-refractivity contribution in [1.82, 2.24) is 9.55 Å². The molecule has 0 saturated heterocycles. The Bertz CT molecular complexity index is 522. The lowest BCUT2D eigenvalue weighted by Crippen LogP contribution is -2.58. The van der Waals surface area contributed by atoms with Crippen LogP contribution in [0.2, 0.25) is 0 Å². The Balaban J connectivity index is 2.13. The van der Waals surface area contributed by atoms with Gasteiger partial charge in [0.15, 0.2) is 5.82 Å². The van der Waals surface area contributed by atoms with Crippen LogP contribution in [0, 0.1) is 11.3 Å². The van der Waals surface area contributed by atoms with E-state index in [4.69, 9.17) is 4.74 Å². The van der Waals surface area contributed by atoms with Gasteiger partial charge >= 0.3 is 0 Å². The molecule has 112 valence electrons. The molecule has 5 heteroatoms. The Labute approximate surface area is 120 Å². The summed E-state index contributed by atoms with van der Waals surface area (Å²) in [6, 6.07) is 0.225. The highest BCUT2D eigenvalue weighted by atomic mass is 16.5. The number of aromatic nitrogens is 2. The molecule has 1 aromatic rings. The highest BCUT2D eigenvalue weighted by Crippen LogP contribution is 2.43. The fourth-order valence-corrected chi connectivity index (χ4v) is 2.78. The number of hydrogen-bond donors (Lipinski definition) is 1. The summed E-state index contributed by atoms with van der Waals surface area (Å²) >= 11 is 0. The third-order valence-corrected chi connectivity index (χ3v) is 4.25. The third-order valence-electron chi connectivity index (χ3n) is 4.25. The Morgan fingerprint density at radius 1 is 1.55 bits per heavy atom. The second kappa shape index (κ2) is 5.56. The van der Waals surface area contributed by atoms with Crippen molar-refractivity contribution in [2.75, 3.05) is 12.4 Å². The van der Waals surface area contributed by atoms with Gasteiger partial charge in [-0.3, -0.25) is 4.79 Å². The van der Waals surface area contributed by atoms with Crippen molar-refractivity contribution in [2.24, 2.45) is 11.3 Å². The van der Waals surface area contributed by atoms with E-state index in [1.807, 2.05) is 0 Å². The van der Waals surface area contributed by atoms with Gasteiger partial charge in [-0.1, -0.05) is 27.7 Å². The van der Waals surface area contributed by atoms with E-state index in [9.17, 15) is 4.79 Å². The van der Waals surface area contributed by atoms with Crippen LogP contribution < -0.4 is 10.9 Å². The number of methoxy groups -OCH3 is 1. The summed E-state index contributed by atoms with van der Waals surface area (Å²) in [6.07, 6.45) is 4.58. The molecular formula is C15H25N3O2. The molecule has 1 aliphatic rings. The highest BCUT2D eigenvalue weighted by molar-refractivity contribution is 5.35. The predicted octanol–water partition coefficient (Wildman–Crippen LogP) is 2.12. The monoisotopic (exact) mass is 279 g/mol. The van der Waals surface area contributed by atoms with Gasteiger partial charge in [0.05, 0.1) is 6.10 Å². The van der Waals surface area contributed by atoms with E-state index in [1.54, 1.807) is 24.1 Å². The molecule has 0 aliphatic heterocycles. The predicted molar refractivity (Wildman–Crippen MR) is 79.9 cm³/mol. The van der Waals surface area contributed by atoms with Crippen LogP contribution >= 0.6 is 0 Å². The van der Waals surface area contributed by atoms with Crippen molar-refractivity contribution in [3.05, 3.63) is 22.7 Å². The lowest BCUT2D eigenvalue weighted by Gasteiger charge is -2.51. The number of anilines is 1. The third kappa shape index (κ3) is 2.73. The van der Waals surface area contributed by atoms with Crippen LogP contribution in [0.5, 0.6) is 0 Å². The van der Waals surface area contributed by atoms with Gasteiger partial charge in [-0.05, 0) is 12.3 Å². The molecule has 0 aromatic carbocycles. The van der Waals surface area contributed by atoms with Crippen molar-refractivity contribution < 1.29 is 4.74 Å². The molecule has 1 heterocycles. The molecule has 2 atom stereocenters. The van der Waals surface area contributed by atoms with Gasteiger partial charge in [0.2, 0.25) is 0 Å². The van der Waals surface area contributed by atoms with E-state index in [1.165, 1.54) is 0 Å². The largest absolute Gasteiger partial charge is 0.381 e. The number of nitrogens with one attached hydrogen (secondary N) is 1. The quantitative estimate of drug-likeness (QED) is 0.897. The first kappa shape index (κ1) is 15.0. The maximum atomic E-state index is 12.3. The van der Waals surface area contributed by atoms with E-state index in [0.29, 0.717) is 18.3 Å². The Kier molecular flexibility index (Phi) is 4.18. The van der Waals surface area contributed by atoms with Gasteiger partial charge in [-0.25, -0.2) is 4.98 Å². The molecule has 1 saturated carbocycles. The minimum Gasteiger partial charge on any atom is -0.381 e. The topological polar surface area (TPSA) is 56.1 Å². The van der Waals surface area contributed by atoms with Gasteiger partial charge in [-0.2, -0.15) is 0 Å². The smallest absolute Gasteiger partial charge is 0.293 e. The van der Waals surface area contributed by atoms with Crippen LogP contribution in [-0.4, -0.2) is 28.8 Å². The van der Waals surface area contributed by atoms with E-state index >= 15 is 0 Å². The Hall–Kier alpha value is -1.36. The first-order valence-corrected chi connectivity index (χ1v) is 7.21. The molecule has 1 aliphatic carbocycles. The van der Waals surface area contributed by atoms with Crippen LogP contribution in [0.3, 0.4) is 0 Å². The van der Waals surface area contributed by atoms with Crippen molar-refractivity contribution in [3.63, 3.8) is 0 Å². The minimum absolute atomic E-state index is 0.0155. The average molecular weight is 279 g/mol. The second-order valence-corrected chi connectivity index (χ2v) is 6.61. The number of ether oxygens (including phenoxy) is 1. The van der Waals surface area contributed by atoms with Crippen LogP contribution in [0.15, 0.2) is 17.2 Å². The lowest BCUT2D eigenvalue weighted by atomic mass is 9.64. The normalized spacial score (nSPS) is 24.5. The summed E-state index contributed by atoms with van der Waals surface area (Å²) in [5, 5.41) is 3.29. The first-order chi connectivity index (χ1) is 9.36. The van der Waals surface area contributed by atoms with Crippen molar-refractivity contribution in [1.29, 1.82) is 0 Å². The molecule has 0 radical (unpaired) electrons. The standard InChI is InChI=1S/C15H25N3O2/c1-10(2)9-18-7-6-16-13(14(18)19)17-11-8-12(20-5)15(11,3)4/h6-7,10-12H,8-9H2,1-5H3,(H,16,17). The van der Waals surface area contributed by atoms with Gasteiger partial charge in [-0.15, -0.1) is 0 Å². The fourth-order valence-electron chi connectivity index (χ4n) is 2.78. The van der Waals surface area contributed by atoms with Gasteiger partial charge in [0, 0.05) is 37.5 Å². The maximum Gasteiger partial charge on any atom is 0.293 e.